The predicted octanol–water partition coefficient (Wildman–Crippen LogP) is 3.63. The second-order valence-corrected chi connectivity index (χ2v) is 7.68. The van der Waals surface area contributed by atoms with Crippen molar-refractivity contribution in [1.29, 1.82) is 0 Å². The van der Waals surface area contributed by atoms with Gasteiger partial charge in [-0.25, -0.2) is 0 Å². The molecule has 0 aromatic rings. The Morgan fingerprint density at radius 1 is 1.12 bits per heavy atom. The fourth-order valence-electron chi connectivity index (χ4n) is 6.19. The van der Waals surface area contributed by atoms with Gasteiger partial charge in [0, 0.05) is 5.41 Å². The molecule has 4 rings (SSSR count). The minimum Gasteiger partial charge on any atom is -0.369 e. The summed E-state index contributed by atoms with van der Waals surface area (Å²) in [4.78, 5) is 0. The zero-order valence-electron chi connectivity index (χ0n) is 10.9. The molecule has 0 amide bonds. The summed E-state index contributed by atoms with van der Waals surface area (Å²) in [5.41, 5.74) is 1.54. The number of epoxide rings is 1. The average molecular weight is 220 g/mol. The van der Waals surface area contributed by atoms with Crippen LogP contribution in [-0.2, 0) is 4.74 Å². The topological polar surface area (TPSA) is 12.5 Å². The van der Waals surface area contributed by atoms with Crippen molar-refractivity contribution in [2.45, 2.75) is 58.5 Å². The smallest absolute Gasteiger partial charge is 0.0975 e. The van der Waals surface area contributed by atoms with Gasteiger partial charge in [-0.1, -0.05) is 20.8 Å². The summed E-state index contributed by atoms with van der Waals surface area (Å²) in [5, 5.41) is 0. The summed E-state index contributed by atoms with van der Waals surface area (Å²) in [6.07, 6.45) is 7.19. The zero-order valence-corrected chi connectivity index (χ0v) is 10.9. The first-order chi connectivity index (χ1) is 7.52. The van der Waals surface area contributed by atoms with Crippen LogP contribution >= 0.6 is 0 Å². The van der Waals surface area contributed by atoms with E-state index in [1.807, 2.05) is 0 Å². The maximum atomic E-state index is 5.98. The Morgan fingerprint density at radius 3 is 2.56 bits per heavy atom. The van der Waals surface area contributed by atoms with Crippen LogP contribution < -0.4 is 0 Å². The van der Waals surface area contributed by atoms with Crippen LogP contribution in [-0.4, -0.2) is 12.2 Å². The molecule has 16 heavy (non-hydrogen) atoms. The van der Waals surface area contributed by atoms with Crippen LogP contribution in [0.3, 0.4) is 0 Å². The van der Waals surface area contributed by atoms with E-state index >= 15 is 0 Å². The van der Waals surface area contributed by atoms with Gasteiger partial charge < -0.3 is 4.74 Å². The number of ether oxygens (including phenoxy) is 1. The fraction of sp³-hybridized carbons (Fsp3) is 1.00. The molecule has 2 spiro atoms. The van der Waals surface area contributed by atoms with Gasteiger partial charge in [0.1, 0.15) is 0 Å². The number of fused-ring (bicyclic) bond motifs is 1. The molecule has 0 radical (unpaired) electrons. The van der Waals surface area contributed by atoms with Gasteiger partial charge in [0.05, 0.1) is 12.2 Å². The lowest BCUT2D eigenvalue weighted by molar-refractivity contribution is 0.0621. The van der Waals surface area contributed by atoms with Crippen LogP contribution in [0.2, 0.25) is 0 Å². The molecule has 90 valence electrons. The highest BCUT2D eigenvalue weighted by Gasteiger charge is 2.75. The van der Waals surface area contributed by atoms with E-state index in [0.29, 0.717) is 16.4 Å². The Labute approximate surface area is 98.9 Å². The van der Waals surface area contributed by atoms with Crippen molar-refractivity contribution in [2.75, 3.05) is 6.61 Å². The third kappa shape index (κ3) is 0.836. The molecule has 2 bridgehead atoms. The number of hydrogen-bond donors (Lipinski definition) is 0. The number of rotatable bonds is 0. The van der Waals surface area contributed by atoms with Gasteiger partial charge in [-0.05, 0) is 55.3 Å². The number of hydrogen-bond acceptors (Lipinski definition) is 1. The first-order valence-corrected chi connectivity index (χ1v) is 7.16. The van der Waals surface area contributed by atoms with Gasteiger partial charge in [-0.2, -0.15) is 0 Å². The van der Waals surface area contributed by atoms with Crippen molar-refractivity contribution in [3.05, 3.63) is 0 Å². The summed E-state index contributed by atoms with van der Waals surface area (Å²) >= 11 is 0. The standard InChI is InChI=1S/C15H24O/c1-10-4-6-14-8-11(10)13(2,3)12(14)5-7-15(14)9-16-15/h10-12H,4-9H2,1-3H3/t10-,11-,12+,14+,15+/m1/s1. The van der Waals surface area contributed by atoms with E-state index in [1.165, 1.54) is 32.1 Å². The van der Waals surface area contributed by atoms with Crippen molar-refractivity contribution in [1.82, 2.24) is 0 Å². The molecule has 1 heterocycles. The summed E-state index contributed by atoms with van der Waals surface area (Å²) < 4.78 is 5.98. The van der Waals surface area contributed by atoms with E-state index in [1.54, 1.807) is 0 Å². The molecule has 0 unspecified atom stereocenters. The lowest BCUT2D eigenvalue weighted by Crippen LogP contribution is -2.38. The minimum absolute atomic E-state index is 0.365. The lowest BCUT2D eigenvalue weighted by atomic mass is 9.65. The first-order valence-electron chi connectivity index (χ1n) is 7.16. The monoisotopic (exact) mass is 220 g/mol. The van der Waals surface area contributed by atoms with Gasteiger partial charge in [0.2, 0.25) is 0 Å². The quantitative estimate of drug-likeness (QED) is 0.568. The summed E-state index contributed by atoms with van der Waals surface area (Å²) in [6, 6.07) is 0. The van der Waals surface area contributed by atoms with E-state index in [-0.39, 0.29) is 0 Å². The molecule has 0 N–H and O–H groups in total. The molecule has 4 fully saturated rings. The molecule has 5 atom stereocenters. The molecule has 1 aliphatic heterocycles. The van der Waals surface area contributed by atoms with Crippen molar-refractivity contribution in [2.24, 2.45) is 28.6 Å². The first kappa shape index (κ1) is 9.94. The molecule has 1 heteroatoms. The van der Waals surface area contributed by atoms with Crippen molar-refractivity contribution in [3.63, 3.8) is 0 Å². The van der Waals surface area contributed by atoms with E-state index in [9.17, 15) is 0 Å². The molecule has 0 aromatic carbocycles. The highest BCUT2D eigenvalue weighted by Crippen LogP contribution is 2.76. The Hall–Kier alpha value is -0.0400. The van der Waals surface area contributed by atoms with Crippen LogP contribution in [0.4, 0.5) is 0 Å². The molecule has 3 saturated carbocycles. The maximum absolute atomic E-state index is 5.98. The Bertz CT molecular complexity index is 341. The Morgan fingerprint density at radius 2 is 1.88 bits per heavy atom. The van der Waals surface area contributed by atoms with E-state index < -0.39 is 0 Å². The van der Waals surface area contributed by atoms with Gasteiger partial charge in [-0.3, -0.25) is 0 Å². The van der Waals surface area contributed by atoms with E-state index in [2.05, 4.69) is 20.8 Å². The van der Waals surface area contributed by atoms with Gasteiger partial charge >= 0.3 is 0 Å². The lowest BCUT2D eigenvalue weighted by Gasteiger charge is -2.39. The highest BCUT2D eigenvalue weighted by molar-refractivity contribution is 5.24. The van der Waals surface area contributed by atoms with Gasteiger partial charge in [0.25, 0.3) is 0 Å². The zero-order chi connectivity index (χ0) is 11.2. The minimum atomic E-state index is 0.365. The third-order valence-electron chi connectivity index (χ3n) is 7.07. The third-order valence-corrected chi connectivity index (χ3v) is 7.07. The van der Waals surface area contributed by atoms with Gasteiger partial charge in [-0.15, -0.1) is 0 Å². The predicted molar refractivity (Wildman–Crippen MR) is 64.1 cm³/mol. The molecule has 3 aliphatic carbocycles. The second kappa shape index (κ2) is 2.53. The molecule has 4 aliphatic rings. The van der Waals surface area contributed by atoms with Crippen LogP contribution in [0.5, 0.6) is 0 Å². The maximum Gasteiger partial charge on any atom is 0.0975 e. The Balaban J connectivity index is 1.84. The van der Waals surface area contributed by atoms with Crippen LogP contribution in [0.15, 0.2) is 0 Å². The van der Waals surface area contributed by atoms with Crippen LogP contribution in [0.1, 0.15) is 52.9 Å². The molecule has 0 aromatic heterocycles. The molecule has 1 nitrogen and oxygen atoms in total. The normalized spacial score (nSPS) is 61.3. The highest BCUT2D eigenvalue weighted by atomic mass is 16.6. The summed E-state index contributed by atoms with van der Waals surface area (Å²) in [7, 11) is 0. The van der Waals surface area contributed by atoms with E-state index in [4.69, 9.17) is 4.74 Å². The van der Waals surface area contributed by atoms with E-state index in [0.717, 1.165) is 24.4 Å². The SMILES string of the molecule is C[C@@H]1CC[C@]23C[C@H]1C(C)(C)[C@@H]2CC[C@]31CO1. The molecular weight excluding hydrogens is 196 g/mol. The summed E-state index contributed by atoms with van der Waals surface area (Å²) in [5.74, 6) is 2.87. The van der Waals surface area contributed by atoms with Crippen molar-refractivity contribution in [3.8, 4) is 0 Å². The fourth-order valence-corrected chi connectivity index (χ4v) is 6.19. The molecular formula is C15H24O. The van der Waals surface area contributed by atoms with Crippen LogP contribution in [0.25, 0.3) is 0 Å². The van der Waals surface area contributed by atoms with Crippen molar-refractivity contribution >= 4 is 0 Å². The average Bonchev–Trinajstić information content (AvgIpc) is 2.89. The summed E-state index contributed by atoms with van der Waals surface area (Å²) in [6.45, 7) is 8.67. The molecule has 1 saturated heterocycles. The van der Waals surface area contributed by atoms with Crippen molar-refractivity contribution < 1.29 is 4.74 Å². The largest absolute Gasteiger partial charge is 0.369 e. The van der Waals surface area contributed by atoms with Crippen LogP contribution in [0, 0.1) is 28.6 Å². The second-order valence-electron chi connectivity index (χ2n) is 7.68. The van der Waals surface area contributed by atoms with Gasteiger partial charge in [0.15, 0.2) is 0 Å². The Kier molecular flexibility index (Phi) is 1.57.